The molecule has 0 nitrogen and oxygen atoms in total. The van der Waals surface area contributed by atoms with Crippen LogP contribution in [-0.4, -0.2) is 0 Å². The Bertz CT molecular complexity index is 1150. The molecule has 0 bridgehead atoms. The van der Waals surface area contributed by atoms with Crippen LogP contribution in [0.3, 0.4) is 0 Å². The van der Waals surface area contributed by atoms with E-state index >= 15 is 0 Å². The van der Waals surface area contributed by atoms with E-state index in [1.165, 1.54) is 54.6 Å². The van der Waals surface area contributed by atoms with Gasteiger partial charge in [-0.2, -0.15) is 0 Å². The Morgan fingerprint density at radius 3 is 2.14 bits per heavy atom. The lowest BCUT2D eigenvalue weighted by atomic mass is 9.82. The van der Waals surface area contributed by atoms with Crippen LogP contribution < -0.4 is 0 Å². The lowest BCUT2D eigenvalue weighted by molar-refractivity contribution is 1.29. The minimum absolute atomic E-state index is 1.05. The Morgan fingerprint density at radius 2 is 1.23 bits per heavy atom. The maximum Gasteiger partial charge on any atom is -0.00174 e. The number of hydrogen-bond acceptors (Lipinski definition) is 0. The predicted octanol–water partition coefficient (Wildman–Crippen LogP) is 5.72. The van der Waals surface area contributed by atoms with E-state index in [1.807, 2.05) is 0 Å². The second-order valence-electron chi connectivity index (χ2n) is 6.54. The van der Waals surface area contributed by atoms with Crippen LogP contribution in [0.4, 0.5) is 0 Å². The van der Waals surface area contributed by atoms with Gasteiger partial charge in [0, 0.05) is 0 Å². The summed E-state index contributed by atoms with van der Waals surface area (Å²) in [5.74, 6) is 0. The van der Waals surface area contributed by atoms with Crippen LogP contribution in [-0.2, 0) is 12.8 Å². The van der Waals surface area contributed by atoms with E-state index in [2.05, 4.69) is 60.7 Å². The van der Waals surface area contributed by atoms with Crippen LogP contribution in [0.5, 0.6) is 0 Å². The van der Waals surface area contributed by atoms with Crippen molar-refractivity contribution < 1.29 is 0 Å². The topological polar surface area (TPSA) is 0 Å². The molecule has 0 amide bonds. The summed E-state index contributed by atoms with van der Waals surface area (Å²) in [5.41, 5.74) is 5.71. The largest absolute Gasteiger partial charge is 0.0795 e. The van der Waals surface area contributed by atoms with E-state index in [-0.39, 0.29) is 0 Å². The third kappa shape index (κ3) is 1.16. The molecule has 0 fully saturated rings. The van der Waals surface area contributed by atoms with Gasteiger partial charge in [-0.05, 0) is 73.5 Å². The molecule has 0 spiro atoms. The van der Waals surface area contributed by atoms with Gasteiger partial charge in [0.1, 0.15) is 0 Å². The second kappa shape index (κ2) is 3.59. The Labute approximate surface area is 128 Å². The molecule has 2 aliphatic rings. The third-order valence-electron chi connectivity index (χ3n) is 5.36. The quantitative estimate of drug-likeness (QED) is 0.361. The zero-order valence-electron chi connectivity index (χ0n) is 12.2. The summed E-state index contributed by atoms with van der Waals surface area (Å²) < 4.78 is 0. The van der Waals surface area contributed by atoms with E-state index in [1.54, 1.807) is 0 Å². The van der Waals surface area contributed by atoms with Crippen molar-refractivity contribution in [2.24, 2.45) is 0 Å². The van der Waals surface area contributed by atoms with Crippen molar-refractivity contribution in [3.05, 3.63) is 70.8 Å². The highest BCUT2D eigenvalue weighted by atomic mass is 14.2. The summed E-state index contributed by atoms with van der Waals surface area (Å²) in [5, 5.41) is 8.69. The molecule has 0 heterocycles. The van der Waals surface area contributed by atoms with E-state index in [9.17, 15) is 0 Å². The molecular weight excluding hydrogens is 264 g/mol. The molecule has 0 unspecified atom stereocenters. The first kappa shape index (κ1) is 11.0. The van der Waals surface area contributed by atoms with Gasteiger partial charge >= 0.3 is 0 Å². The molecule has 0 radical (unpaired) electrons. The monoisotopic (exact) mass is 278 g/mol. The van der Waals surface area contributed by atoms with Gasteiger partial charge in [0.2, 0.25) is 0 Å². The average Bonchev–Trinajstić information content (AvgIpc) is 2.57. The van der Waals surface area contributed by atoms with Gasteiger partial charge in [-0.25, -0.2) is 0 Å². The Kier molecular flexibility index (Phi) is 1.80. The predicted molar refractivity (Wildman–Crippen MR) is 95.6 cm³/mol. The van der Waals surface area contributed by atoms with Gasteiger partial charge < -0.3 is 0 Å². The zero-order valence-corrected chi connectivity index (χ0v) is 12.2. The van der Waals surface area contributed by atoms with Gasteiger partial charge in [0.25, 0.3) is 0 Å². The lowest BCUT2D eigenvalue weighted by Gasteiger charge is -2.22. The number of benzene rings is 4. The van der Waals surface area contributed by atoms with Crippen molar-refractivity contribution in [2.45, 2.75) is 12.8 Å². The molecule has 0 saturated heterocycles. The summed E-state index contributed by atoms with van der Waals surface area (Å²) >= 11 is 0. The fraction of sp³-hybridized carbons (Fsp3) is 0.0909. The molecule has 0 aliphatic heterocycles. The smallest absolute Gasteiger partial charge is 0.00174 e. The minimum atomic E-state index is 1.05. The highest BCUT2D eigenvalue weighted by molar-refractivity contribution is 6.27. The molecule has 22 heavy (non-hydrogen) atoms. The van der Waals surface area contributed by atoms with Crippen molar-refractivity contribution in [3.63, 3.8) is 0 Å². The maximum absolute atomic E-state index is 2.41. The van der Waals surface area contributed by atoms with Crippen LogP contribution in [0, 0.1) is 0 Å². The molecular formula is C22H14. The second-order valence-corrected chi connectivity index (χ2v) is 6.54. The average molecular weight is 278 g/mol. The van der Waals surface area contributed by atoms with Gasteiger partial charge in [0.05, 0.1) is 0 Å². The van der Waals surface area contributed by atoms with Gasteiger partial charge in [-0.15, -0.1) is 0 Å². The van der Waals surface area contributed by atoms with E-state index in [0.717, 1.165) is 12.8 Å². The van der Waals surface area contributed by atoms with Crippen molar-refractivity contribution in [3.8, 4) is 0 Å². The molecule has 0 aromatic heterocycles. The lowest BCUT2D eigenvalue weighted by Crippen LogP contribution is -1.99. The highest BCUT2D eigenvalue weighted by Crippen LogP contribution is 2.43. The molecule has 6 rings (SSSR count). The van der Waals surface area contributed by atoms with Crippen molar-refractivity contribution in [1.29, 1.82) is 0 Å². The van der Waals surface area contributed by atoms with Gasteiger partial charge in [0.15, 0.2) is 0 Å². The van der Waals surface area contributed by atoms with Gasteiger partial charge in [-0.3, -0.25) is 0 Å². The van der Waals surface area contributed by atoms with Crippen molar-refractivity contribution >= 4 is 44.5 Å². The summed E-state index contributed by atoms with van der Waals surface area (Å²) in [6.07, 6.45) is 11.3. The fourth-order valence-electron chi connectivity index (χ4n) is 4.48. The SMILES string of the molecule is C1=Cc2ccc3cc4c5c(ccc6cc(c2c3c65)C1)CC=C4. The first-order valence-corrected chi connectivity index (χ1v) is 7.99. The molecule has 4 aromatic rings. The number of hydrogen-bond donors (Lipinski definition) is 0. The molecule has 2 aliphatic carbocycles. The maximum atomic E-state index is 2.41. The van der Waals surface area contributed by atoms with Crippen LogP contribution >= 0.6 is 0 Å². The van der Waals surface area contributed by atoms with Crippen molar-refractivity contribution in [2.75, 3.05) is 0 Å². The van der Waals surface area contributed by atoms with Crippen LogP contribution in [0.2, 0.25) is 0 Å². The molecule has 0 N–H and O–H groups in total. The molecule has 0 saturated carbocycles. The molecule has 4 aromatic carbocycles. The number of rotatable bonds is 0. The Morgan fingerprint density at radius 1 is 0.545 bits per heavy atom. The van der Waals surface area contributed by atoms with Crippen LogP contribution in [0.1, 0.15) is 22.3 Å². The van der Waals surface area contributed by atoms with E-state index in [4.69, 9.17) is 0 Å². The Hall–Kier alpha value is -2.60. The van der Waals surface area contributed by atoms with Crippen LogP contribution in [0.25, 0.3) is 44.5 Å². The minimum Gasteiger partial charge on any atom is -0.0795 e. The summed E-state index contributed by atoms with van der Waals surface area (Å²) in [6.45, 7) is 0. The van der Waals surface area contributed by atoms with E-state index < -0.39 is 0 Å². The summed E-state index contributed by atoms with van der Waals surface area (Å²) in [7, 11) is 0. The first-order chi connectivity index (χ1) is 10.9. The normalized spacial score (nSPS) is 15.5. The first-order valence-electron chi connectivity index (χ1n) is 7.99. The fourth-order valence-corrected chi connectivity index (χ4v) is 4.48. The van der Waals surface area contributed by atoms with Crippen molar-refractivity contribution in [1.82, 2.24) is 0 Å². The summed E-state index contributed by atoms with van der Waals surface area (Å²) in [4.78, 5) is 0. The van der Waals surface area contributed by atoms with Crippen LogP contribution in [0.15, 0.2) is 48.6 Å². The molecule has 0 heteroatoms. The highest BCUT2D eigenvalue weighted by Gasteiger charge is 2.19. The summed E-state index contributed by atoms with van der Waals surface area (Å²) in [6, 6.07) is 14.0. The number of allylic oxidation sites excluding steroid dienone is 2. The Balaban J connectivity index is 2.04. The van der Waals surface area contributed by atoms with E-state index in [0.29, 0.717) is 0 Å². The van der Waals surface area contributed by atoms with Gasteiger partial charge in [-0.1, -0.05) is 54.6 Å². The zero-order chi connectivity index (χ0) is 14.3. The standard InChI is InChI=1S/C22H14/c1-3-13-7-9-18-12-16-6-2-4-14-8-10-17-11-15(5-1)19(13)21(18)22(17)20(14)16/h1-3,6-12H,4-5H2. The third-order valence-corrected chi connectivity index (χ3v) is 5.36. The molecule has 102 valence electrons. The molecule has 0 atom stereocenters.